The molecule has 0 spiro atoms. The molecule has 12 heteroatoms. The zero-order chi connectivity index (χ0) is 14.9. The maximum absolute atomic E-state index is 5.96. The predicted octanol–water partition coefficient (Wildman–Crippen LogP) is -0.919. The molecule has 0 amide bonds. The summed E-state index contributed by atoms with van der Waals surface area (Å²) in [5.41, 5.74) is 0. The summed E-state index contributed by atoms with van der Waals surface area (Å²) >= 11 is 0. The van der Waals surface area contributed by atoms with Gasteiger partial charge in [-0.1, -0.05) is 0 Å². The van der Waals surface area contributed by atoms with Crippen LogP contribution < -0.4 is 0 Å². The third-order valence-corrected chi connectivity index (χ3v) is 11.8. The van der Waals surface area contributed by atoms with Crippen molar-refractivity contribution in [2.24, 2.45) is 0 Å². The lowest BCUT2D eigenvalue weighted by Crippen LogP contribution is -2.64. The van der Waals surface area contributed by atoms with Gasteiger partial charge in [-0.3, -0.25) is 0 Å². The van der Waals surface area contributed by atoms with Crippen LogP contribution in [-0.2, 0) is 34.2 Å². The Hall–Kier alpha value is 0.548. The molecule has 0 radical (unpaired) electrons. The SMILES string of the molecule is CCO[Si]1(OCC)O[SiH2]O[SiH2]O[Si](OCC)(OCC)O1. The van der Waals surface area contributed by atoms with Crippen molar-refractivity contribution >= 4 is 38.1 Å². The Morgan fingerprint density at radius 3 is 1.35 bits per heavy atom. The van der Waals surface area contributed by atoms with E-state index in [1.165, 1.54) is 0 Å². The number of rotatable bonds is 8. The largest absolute Gasteiger partial charge is 0.664 e. The minimum absolute atomic E-state index is 0.404. The fraction of sp³-hybridized carbons (Fsp3) is 1.00. The fourth-order valence-corrected chi connectivity index (χ4v) is 11.8. The van der Waals surface area contributed by atoms with Crippen LogP contribution in [0.3, 0.4) is 0 Å². The van der Waals surface area contributed by atoms with Crippen molar-refractivity contribution in [3.8, 4) is 0 Å². The Morgan fingerprint density at radius 1 is 0.700 bits per heavy atom. The molecule has 0 saturated carbocycles. The molecule has 0 aromatic carbocycles. The highest BCUT2D eigenvalue weighted by Crippen LogP contribution is 2.23. The number of hydrogen-bond acceptors (Lipinski definition) is 8. The van der Waals surface area contributed by atoms with Gasteiger partial charge in [0.1, 0.15) is 0 Å². The molecule has 1 saturated heterocycles. The van der Waals surface area contributed by atoms with E-state index in [1.54, 1.807) is 0 Å². The fourth-order valence-electron chi connectivity index (χ4n) is 1.55. The molecular weight excluding hydrogens is 336 g/mol. The monoisotopic (exact) mass is 360 g/mol. The van der Waals surface area contributed by atoms with Crippen LogP contribution in [0, 0.1) is 0 Å². The van der Waals surface area contributed by atoms with Crippen LogP contribution in [0.1, 0.15) is 27.7 Å². The third-order valence-electron chi connectivity index (χ3n) is 2.17. The molecule has 0 N–H and O–H groups in total. The van der Waals surface area contributed by atoms with Crippen molar-refractivity contribution in [2.45, 2.75) is 27.7 Å². The summed E-state index contributed by atoms with van der Waals surface area (Å²) < 4.78 is 45.4. The molecule has 1 rings (SSSR count). The van der Waals surface area contributed by atoms with Gasteiger partial charge in [-0.25, -0.2) is 0 Å². The van der Waals surface area contributed by atoms with Gasteiger partial charge in [0.25, 0.3) is 20.0 Å². The van der Waals surface area contributed by atoms with E-state index in [4.69, 9.17) is 34.2 Å². The first-order valence-corrected chi connectivity index (χ1v) is 12.3. The number of hydrogen-bond donors (Lipinski definition) is 0. The van der Waals surface area contributed by atoms with Crippen LogP contribution in [0.25, 0.3) is 0 Å². The Bertz CT molecular complexity index is 235. The molecule has 1 aliphatic rings. The van der Waals surface area contributed by atoms with Gasteiger partial charge in [0.15, 0.2) is 0 Å². The quantitative estimate of drug-likeness (QED) is 0.515. The van der Waals surface area contributed by atoms with Crippen molar-refractivity contribution in [3.63, 3.8) is 0 Å². The van der Waals surface area contributed by atoms with Gasteiger partial charge in [0.2, 0.25) is 0 Å². The minimum atomic E-state index is -3.33. The summed E-state index contributed by atoms with van der Waals surface area (Å²) in [5, 5.41) is 0. The normalized spacial score (nSPS) is 24.6. The molecule has 0 aromatic rings. The van der Waals surface area contributed by atoms with Crippen molar-refractivity contribution in [3.05, 3.63) is 0 Å². The average Bonchev–Trinajstić information content (AvgIpc) is 2.37. The molecular formula is C8H24O8Si4. The van der Waals surface area contributed by atoms with E-state index < -0.39 is 38.1 Å². The van der Waals surface area contributed by atoms with E-state index >= 15 is 0 Å². The Kier molecular flexibility index (Phi) is 8.87. The molecule has 1 fully saturated rings. The van der Waals surface area contributed by atoms with Crippen LogP contribution in [-0.4, -0.2) is 64.5 Å². The van der Waals surface area contributed by atoms with Crippen LogP contribution in [0.4, 0.5) is 0 Å². The Balaban J connectivity index is 2.95. The van der Waals surface area contributed by atoms with E-state index in [0.29, 0.717) is 26.4 Å². The van der Waals surface area contributed by atoms with Gasteiger partial charge in [0, 0.05) is 26.4 Å². The zero-order valence-electron chi connectivity index (χ0n) is 12.5. The first kappa shape index (κ1) is 18.6. The van der Waals surface area contributed by atoms with Gasteiger partial charge in [-0.05, 0) is 27.7 Å². The summed E-state index contributed by atoms with van der Waals surface area (Å²) in [6.45, 7) is 9.01. The second kappa shape index (κ2) is 9.54. The molecule has 0 aromatic heterocycles. The summed E-state index contributed by atoms with van der Waals surface area (Å²) in [6.07, 6.45) is 0. The van der Waals surface area contributed by atoms with Crippen LogP contribution in [0.5, 0.6) is 0 Å². The van der Waals surface area contributed by atoms with Crippen molar-refractivity contribution in [1.82, 2.24) is 0 Å². The van der Waals surface area contributed by atoms with Gasteiger partial charge in [0.05, 0.1) is 0 Å². The second-order valence-corrected chi connectivity index (χ2v) is 11.9. The molecule has 0 aliphatic carbocycles. The zero-order valence-corrected chi connectivity index (χ0v) is 17.3. The first-order valence-electron chi connectivity index (χ1n) is 6.77. The maximum atomic E-state index is 5.96. The van der Waals surface area contributed by atoms with Crippen molar-refractivity contribution in [2.75, 3.05) is 26.4 Å². The lowest BCUT2D eigenvalue weighted by Gasteiger charge is -2.37. The highest BCUT2D eigenvalue weighted by atomic mass is 28.5. The summed E-state index contributed by atoms with van der Waals surface area (Å²) in [6, 6.07) is 0. The maximum Gasteiger partial charge on any atom is 0.664 e. The molecule has 0 atom stereocenters. The van der Waals surface area contributed by atoms with Crippen molar-refractivity contribution < 1.29 is 34.2 Å². The molecule has 0 unspecified atom stereocenters. The summed E-state index contributed by atoms with van der Waals surface area (Å²) in [5.74, 6) is 0. The highest BCUT2D eigenvalue weighted by Gasteiger charge is 2.59. The van der Waals surface area contributed by atoms with E-state index in [0.717, 1.165) is 0 Å². The smallest absolute Gasteiger partial charge is 0.425 e. The molecule has 120 valence electrons. The lowest BCUT2D eigenvalue weighted by atomic mass is 10.9. The van der Waals surface area contributed by atoms with Gasteiger partial charge in [-0.2, -0.15) is 0 Å². The second-order valence-electron chi connectivity index (χ2n) is 3.56. The summed E-state index contributed by atoms with van der Waals surface area (Å²) in [4.78, 5) is 0. The average molecular weight is 361 g/mol. The van der Waals surface area contributed by atoms with E-state index in [9.17, 15) is 0 Å². The van der Waals surface area contributed by atoms with Gasteiger partial charge < -0.3 is 34.2 Å². The highest BCUT2D eigenvalue weighted by molar-refractivity contribution is 6.73. The standard InChI is InChI=1S/C8H24O8Si4/c1-5-9-19(10-6-2)14-17-13-18-15-20(16-19,11-7-3)12-8-4/h5-8,17-18H2,1-4H3. The molecule has 1 heterocycles. The van der Waals surface area contributed by atoms with Crippen LogP contribution >= 0.6 is 0 Å². The molecule has 8 nitrogen and oxygen atoms in total. The van der Waals surface area contributed by atoms with Gasteiger partial charge in [-0.15, -0.1) is 0 Å². The van der Waals surface area contributed by atoms with E-state index in [1.807, 2.05) is 27.7 Å². The Morgan fingerprint density at radius 2 is 1.05 bits per heavy atom. The van der Waals surface area contributed by atoms with Crippen LogP contribution in [0.15, 0.2) is 0 Å². The predicted molar refractivity (Wildman–Crippen MR) is 79.4 cm³/mol. The minimum Gasteiger partial charge on any atom is -0.425 e. The first-order chi connectivity index (χ1) is 9.66. The molecule has 0 bridgehead atoms. The van der Waals surface area contributed by atoms with Gasteiger partial charge >= 0.3 is 18.1 Å². The van der Waals surface area contributed by atoms with E-state index in [2.05, 4.69) is 0 Å². The topological polar surface area (TPSA) is 73.8 Å². The lowest BCUT2D eigenvalue weighted by molar-refractivity contribution is -0.0313. The molecule has 1 aliphatic heterocycles. The third kappa shape index (κ3) is 5.39. The van der Waals surface area contributed by atoms with E-state index in [-0.39, 0.29) is 0 Å². The Labute approximate surface area is 127 Å². The van der Waals surface area contributed by atoms with Crippen molar-refractivity contribution in [1.29, 1.82) is 0 Å². The molecule has 20 heavy (non-hydrogen) atoms. The van der Waals surface area contributed by atoms with Crippen LogP contribution in [0.2, 0.25) is 0 Å². The summed E-state index contributed by atoms with van der Waals surface area (Å²) in [7, 11) is -9.13.